The van der Waals surface area contributed by atoms with Crippen LogP contribution in [0.1, 0.15) is 11.3 Å². The first-order valence-electron chi connectivity index (χ1n) is 5.88. The lowest BCUT2D eigenvalue weighted by Crippen LogP contribution is -2.16. The first-order chi connectivity index (χ1) is 9.83. The van der Waals surface area contributed by atoms with Crippen LogP contribution in [0.5, 0.6) is 0 Å². The highest BCUT2D eigenvalue weighted by atomic mass is 35.5. The van der Waals surface area contributed by atoms with Gasteiger partial charge in [-0.05, 0) is 31.2 Å². The van der Waals surface area contributed by atoms with Gasteiger partial charge in [-0.1, -0.05) is 11.6 Å². The highest BCUT2D eigenvalue weighted by Crippen LogP contribution is 2.25. The number of sulfonamides is 1. The predicted octanol–water partition coefficient (Wildman–Crippen LogP) is 2.48. The number of nitrogens with one attached hydrogen (secondary N) is 1. The molecule has 0 radical (unpaired) electrons. The third-order valence-electron chi connectivity index (χ3n) is 2.69. The highest BCUT2D eigenvalue weighted by molar-refractivity contribution is 7.92. The number of rotatable bonds is 4. The lowest BCUT2D eigenvalue weighted by atomic mass is 10.2. The first kappa shape index (κ1) is 15.7. The molecule has 0 atom stereocenters. The summed E-state index contributed by atoms with van der Waals surface area (Å²) in [6.45, 7) is 1.05. The summed E-state index contributed by atoms with van der Waals surface area (Å²) in [6.07, 6.45) is 1.43. The van der Waals surface area contributed by atoms with Gasteiger partial charge in [0.15, 0.2) is 0 Å². The molecule has 0 bridgehead atoms. The van der Waals surface area contributed by atoms with Crippen molar-refractivity contribution >= 4 is 27.3 Å². The van der Waals surface area contributed by atoms with E-state index in [2.05, 4.69) is 9.71 Å². The number of aromatic nitrogens is 1. The zero-order valence-corrected chi connectivity index (χ0v) is 12.5. The van der Waals surface area contributed by atoms with Crippen molar-refractivity contribution in [3.8, 4) is 0 Å². The van der Waals surface area contributed by atoms with Crippen LogP contribution in [-0.4, -0.2) is 18.5 Å². The van der Waals surface area contributed by atoms with Gasteiger partial charge < -0.3 is 5.11 Å². The number of nitrogens with zero attached hydrogens (tertiary/aromatic N) is 1. The van der Waals surface area contributed by atoms with Crippen molar-refractivity contribution in [2.24, 2.45) is 0 Å². The SMILES string of the molecule is Cc1cc(NS(=O)(=O)c2cc(Cl)cc(CO)c2F)ccn1. The van der Waals surface area contributed by atoms with E-state index in [-0.39, 0.29) is 16.3 Å². The molecule has 0 unspecified atom stereocenters. The van der Waals surface area contributed by atoms with Crippen LogP contribution in [0.3, 0.4) is 0 Å². The molecular formula is C13H12ClFN2O3S. The molecule has 1 heterocycles. The van der Waals surface area contributed by atoms with E-state index in [1.54, 1.807) is 6.92 Å². The van der Waals surface area contributed by atoms with Crippen LogP contribution in [0.4, 0.5) is 10.1 Å². The summed E-state index contributed by atoms with van der Waals surface area (Å²) in [5.41, 5.74) is 0.680. The first-order valence-corrected chi connectivity index (χ1v) is 7.74. The highest BCUT2D eigenvalue weighted by Gasteiger charge is 2.22. The lowest BCUT2D eigenvalue weighted by Gasteiger charge is -2.11. The number of hydrogen-bond donors (Lipinski definition) is 2. The van der Waals surface area contributed by atoms with Crippen LogP contribution in [0.25, 0.3) is 0 Å². The molecule has 2 N–H and O–H groups in total. The minimum atomic E-state index is -4.16. The Morgan fingerprint density at radius 1 is 1.38 bits per heavy atom. The molecular weight excluding hydrogens is 319 g/mol. The Balaban J connectivity index is 2.47. The van der Waals surface area contributed by atoms with Crippen molar-refractivity contribution in [3.63, 3.8) is 0 Å². The molecule has 1 aromatic heterocycles. The number of hydrogen-bond acceptors (Lipinski definition) is 4. The second-order valence-electron chi connectivity index (χ2n) is 4.33. The van der Waals surface area contributed by atoms with Crippen molar-refractivity contribution in [1.82, 2.24) is 4.98 Å². The summed E-state index contributed by atoms with van der Waals surface area (Å²) < 4.78 is 40.8. The van der Waals surface area contributed by atoms with Gasteiger partial charge in [0.2, 0.25) is 0 Å². The van der Waals surface area contributed by atoms with Crippen molar-refractivity contribution in [1.29, 1.82) is 0 Å². The number of aryl methyl sites for hydroxylation is 1. The van der Waals surface area contributed by atoms with Gasteiger partial charge in [-0.3, -0.25) is 9.71 Å². The van der Waals surface area contributed by atoms with Crippen LogP contribution in [0.2, 0.25) is 5.02 Å². The average Bonchev–Trinajstić information content (AvgIpc) is 2.40. The minimum absolute atomic E-state index is 0.0201. The number of aliphatic hydroxyl groups is 1. The smallest absolute Gasteiger partial charge is 0.264 e. The fourth-order valence-electron chi connectivity index (χ4n) is 1.75. The normalized spacial score (nSPS) is 11.4. The second-order valence-corrected chi connectivity index (χ2v) is 6.41. The molecule has 8 heteroatoms. The van der Waals surface area contributed by atoms with Crippen LogP contribution >= 0.6 is 11.6 Å². The summed E-state index contributed by atoms with van der Waals surface area (Å²) in [4.78, 5) is 3.32. The predicted molar refractivity (Wildman–Crippen MR) is 77.1 cm³/mol. The Morgan fingerprint density at radius 2 is 2.10 bits per heavy atom. The van der Waals surface area contributed by atoms with Crippen molar-refractivity contribution in [3.05, 3.63) is 52.6 Å². The molecule has 0 spiro atoms. The Hall–Kier alpha value is -1.70. The second kappa shape index (κ2) is 5.97. The van der Waals surface area contributed by atoms with Gasteiger partial charge >= 0.3 is 0 Å². The molecule has 0 aliphatic heterocycles. The van der Waals surface area contributed by atoms with Gasteiger partial charge in [0.1, 0.15) is 10.7 Å². The monoisotopic (exact) mass is 330 g/mol. The van der Waals surface area contributed by atoms with Gasteiger partial charge in [0.25, 0.3) is 10.0 Å². The molecule has 2 rings (SSSR count). The molecule has 0 aliphatic carbocycles. The van der Waals surface area contributed by atoms with Crippen LogP contribution in [0.15, 0.2) is 35.4 Å². The summed E-state index contributed by atoms with van der Waals surface area (Å²) in [7, 11) is -4.16. The molecule has 0 fully saturated rings. The van der Waals surface area contributed by atoms with E-state index in [1.165, 1.54) is 24.4 Å². The molecule has 21 heavy (non-hydrogen) atoms. The fourth-order valence-corrected chi connectivity index (χ4v) is 3.25. The summed E-state index contributed by atoms with van der Waals surface area (Å²) in [6, 6.07) is 5.12. The van der Waals surface area contributed by atoms with Gasteiger partial charge in [-0.15, -0.1) is 0 Å². The standard InChI is InChI=1S/C13H12ClFN2O3S/c1-8-4-11(2-3-16-8)17-21(19,20)12-6-10(14)5-9(7-18)13(12)15/h2-6,18H,7H2,1H3,(H,16,17). The Labute approximate surface area is 126 Å². The van der Waals surface area contributed by atoms with Crippen LogP contribution in [0, 0.1) is 12.7 Å². The molecule has 5 nitrogen and oxygen atoms in total. The third kappa shape index (κ3) is 3.49. The number of halogens is 2. The molecule has 0 saturated heterocycles. The Bertz CT molecular complexity index is 781. The van der Waals surface area contributed by atoms with E-state index in [4.69, 9.17) is 16.7 Å². The molecule has 0 amide bonds. The van der Waals surface area contributed by atoms with Gasteiger partial charge in [-0.25, -0.2) is 12.8 Å². The Kier molecular flexibility index (Phi) is 4.46. The summed E-state index contributed by atoms with van der Waals surface area (Å²) >= 11 is 5.76. The van der Waals surface area contributed by atoms with Crippen molar-refractivity contribution in [2.45, 2.75) is 18.4 Å². The maximum atomic E-state index is 14.1. The Morgan fingerprint density at radius 3 is 2.71 bits per heavy atom. The van der Waals surface area contributed by atoms with E-state index in [0.717, 1.165) is 6.07 Å². The number of anilines is 1. The van der Waals surface area contributed by atoms with E-state index in [9.17, 15) is 12.8 Å². The molecule has 2 aromatic rings. The zero-order valence-electron chi connectivity index (χ0n) is 11.0. The van der Waals surface area contributed by atoms with Crippen LogP contribution < -0.4 is 4.72 Å². The number of benzene rings is 1. The topological polar surface area (TPSA) is 79.3 Å². The van der Waals surface area contributed by atoms with Gasteiger partial charge in [-0.2, -0.15) is 0 Å². The van der Waals surface area contributed by atoms with Crippen molar-refractivity contribution in [2.75, 3.05) is 4.72 Å². The largest absolute Gasteiger partial charge is 0.392 e. The summed E-state index contributed by atoms with van der Waals surface area (Å²) in [5, 5.41) is 9.06. The number of aliphatic hydroxyl groups excluding tert-OH is 1. The van der Waals surface area contributed by atoms with E-state index in [0.29, 0.717) is 5.69 Å². The minimum Gasteiger partial charge on any atom is -0.392 e. The fraction of sp³-hybridized carbons (Fsp3) is 0.154. The molecule has 0 saturated carbocycles. The summed E-state index contributed by atoms with van der Waals surface area (Å²) in [5.74, 6) is -1.03. The van der Waals surface area contributed by atoms with Gasteiger partial charge in [0.05, 0.1) is 12.3 Å². The van der Waals surface area contributed by atoms with E-state index < -0.39 is 27.3 Å². The van der Waals surface area contributed by atoms with E-state index in [1.807, 2.05) is 0 Å². The van der Waals surface area contributed by atoms with Crippen LogP contribution in [-0.2, 0) is 16.6 Å². The lowest BCUT2D eigenvalue weighted by molar-refractivity contribution is 0.274. The molecule has 1 aromatic carbocycles. The molecule has 112 valence electrons. The third-order valence-corrected chi connectivity index (χ3v) is 4.29. The van der Waals surface area contributed by atoms with Crippen molar-refractivity contribution < 1.29 is 17.9 Å². The number of pyridine rings is 1. The van der Waals surface area contributed by atoms with Gasteiger partial charge in [0, 0.05) is 22.5 Å². The quantitative estimate of drug-likeness (QED) is 0.902. The maximum absolute atomic E-state index is 14.1. The van der Waals surface area contributed by atoms with E-state index >= 15 is 0 Å². The maximum Gasteiger partial charge on any atom is 0.264 e. The molecule has 0 aliphatic rings. The zero-order chi connectivity index (χ0) is 15.6. The average molecular weight is 331 g/mol.